The van der Waals surface area contributed by atoms with E-state index in [0.717, 1.165) is 50.0 Å². The van der Waals surface area contributed by atoms with Crippen LogP contribution in [0.3, 0.4) is 0 Å². The number of benzene rings is 1. The number of rotatable bonds is 5. The van der Waals surface area contributed by atoms with Gasteiger partial charge in [-0.3, -0.25) is 4.79 Å². The van der Waals surface area contributed by atoms with Crippen molar-refractivity contribution in [2.24, 2.45) is 5.92 Å². The Bertz CT molecular complexity index is 608. The first kappa shape index (κ1) is 18.7. The molecule has 2 aliphatic rings. The van der Waals surface area contributed by atoms with E-state index in [1.165, 1.54) is 19.3 Å². The Kier molecular flexibility index (Phi) is 6.53. The topological polar surface area (TPSA) is 61.4 Å². The van der Waals surface area contributed by atoms with Crippen molar-refractivity contribution in [3.05, 3.63) is 29.8 Å². The number of hydrogen-bond donors (Lipinski definition) is 2. The van der Waals surface area contributed by atoms with Gasteiger partial charge in [-0.2, -0.15) is 0 Å². The smallest absolute Gasteiger partial charge is 0.319 e. The van der Waals surface area contributed by atoms with Gasteiger partial charge in [-0.15, -0.1) is 0 Å². The van der Waals surface area contributed by atoms with E-state index in [-0.39, 0.29) is 18.0 Å². The minimum atomic E-state index is -0.124. The number of carbonyl (C=O) groups is 2. The fourth-order valence-corrected chi connectivity index (χ4v) is 4.00. The Labute approximate surface area is 156 Å². The van der Waals surface area contributed by atoms with Crippen LogP contribution in [-0.4, -0.2) is 36.0 Å². The first-order chi connectivity index (χ1) is 12.6. The molecule has 1 saturated carbocycles. The van der Waals surface area contributed by atoms with Gasteiger partial charge < -0.3 is 15.5 Å². The lowest BCUT2D eigenvalue weighted by Crippen LogP contribution is -2.43. The molecular formula is C21H31N3O2. The monoisotopic (exact) mass is 357 g/mol. The predicted molar refractivity (Wildman–Crippen MR) is 104 cm³/mol. The summed E-state index contributed by atoms with van der Waals surface area (Å²) in [5.74, 6) is 0.802. The molecule has 0 aromatic heterocycles. The molecular weight excluding hydrogens is 326 g/mol. The van der Waals surface area contributed by atoms with Crippen molar-refractivity contribution in [1.29, 1.82) is 0 Å². The van der Waals surface area contributed by atoms with Crippen molar-refractivity contribution in [1.82, 2.24) is 10.2 Å². The van der Waals surface area contributed by atoms with Crippen molar-refractivity contribution in [3.63, 3.8) is 0 Å². The average Bonchev–Trinajstić information content (AvgIpc) is 3.18. The van der Waals surface area contributed by atoms with Gasteiger partial charge in [-0.25, -0.2) is 4.79 Å². The molecule has 2 N–H and O–H groups in total. The summed E-state index contributed by atoms with van der Waals surface area (Å²) < 4.78 is 0. The van der Waals surface area contributed by atoms with Crippen LogP contribution < -0.4 is 10.6 Å². The molecule has 0 spiro atoms. The normalized spacial score (nSPS) is 22.9. The summed E-state index contributed by atoms with van der Waals surface area (Å²) in [7, 11) is 0. The lowest BCUT2D eigenvalue weighted by Gasteiger charge is -2.29. The molecule has 1 aromatic rings. The summed E-state index contributed by atoms with van der Waals surface area (Å²) in [6.07, 6.45) is 8.30. The highest BCUT2D eigenvalue weighted by atomic mass is 16.2. The van der Waals surface area contributed by atoms with Crippen LogP contribution in [0.5, 0.6) is 0 Å². The van der Waals surface area contributed by atoms with Gasteiger partial charge in [0.05, 0.1) is 0 Å². The Balaban J connectivity index is 1.43. The second kappa shape index (κ2) is 9.06. The Morgan fingerprint density at radius 3 is 2.42 bits per heavy atom. The number of anilines is 1. The van der Waals surface area contributed by atoms with Crippen molar-refractivity contribution in [2.45, 2.75) is 64.3 Å². The molecule has 1 saturated heterocycles. The summed E-state index contributed by atoms with van der Waals surface area (Å²) in [4.78, 5) is 26.3. The summed E-state index contributed by atoms with van der Waals surface area (Å²) >= 11 is 0. The first-order valence-electron chi connectivity index (χ1n) is 10.1. The average molecular weight is 357 g/mol. The van der Waals surface area contributed by atoms with Crippen molar-refractivity contribution >= 4 is 17.6 Å². The van der Waals surface area contributed by atoms with E-state index in [4.69, 9.17) is 0 Å². The van der Waals surface area contributed by atoms with Crippen LogP contribution in [0.15, 0.2) is 24.3 Å². The summed E-state index contributed by atoms with van der Waals surface area (Å²) in [5.41, 5.74) is 1.92. The van der Waals surface area contributed by atoms with Crippen LogP contribution in [0.2, 0.25) is 0 Å². The van der Waals surface area contributed by atoms with E-state index in [0.29, 0.717) is 12.3 Å². The third kappa shape index (κ3) is 5.23. The number of nitrogens with zero attached hydrogens (tertiary/aromatic N) is 1. The van der Waals surface area contributed by atoms with Gasteiger partial charge in [0.2, 0.25) is 5.91 Å². The molecule has 142 valence electrons. The zero-order valence-electron chi connectivity index (χ0n) is 15.8. The lowest BCUT2D eigenvalue weighted by atomic mass is 9.86. The number of urea groups is 1. The van der Waals surface area contributed by atoms with Crippen LogP contribution >= 0.6 is 0 Å². The van der Waals surface area contributed by atoms with Crippen LogP contribution in [-0.2, 0) is 11.2 Å². The van der Waals surface area contributed by atoms with Crippen molar-refractivity contribution in [3.8, 4) is 0 Å². The zero-order valence-corrected chi connectivity index (χ0v) is 15.8. The molecule has 26 heavy (non-hydrogen) atoms. The number of aryl methyl sites for hydroxylation is 1. The van der Waals surface area contributed by atoms with Gasteiger partial charge in [-0.05, 0) is 55.7 Å². The minimum Gasteiger partial charge on any atom is -0.343 e. The standard InChI is InChI=1S/C21H31N3O2/c1-16-6-2-3-7-19(16)23-21(26)22-18-11-8-17(9-12-18)10-13-20(25)24-14-4-5-15-24/h8-9,11-12,16,19H,2-7,10,13-15H2,1H3,(H2,22,23,26). The van der Waals surface area contributed by atoms with E-state index in [1.807, 2.05) is 29.2 Å². The highest BCUT2D eigenvalue weighted by Gasteiger charge is 2.22. The molecule has 5 nitrogen and oxygen atoms in total. The Morgan fingerprint density at radius 2 is 1.73 bits per heavy atom. The molecule has 2 atom stereocenters. The number of carbonyl (C=O) groups excluding carboxylic acids is 2. The van der Waals surface area contributed by atoms with Crippen molar-refractivity contribution in [2.75, 3.05) is 18.4 Å². The third-order valence-corrected chi connectivity index (χ3v) is 5.73. The molecule has 1 aliphatic carbocycles. The van der Waals surface area contributed by atoms with E-state index >= 15 is 0 Å². The van der Waals surface area contributed by atoms with E-state index in [2.05, 4.69) is 17.6 Å². The molecule has 3 amide bonds. The first-order valence-corrected chi connectivity index (χ1v) is 10.1. The highest BCUT2D eigenvalue weighted by molar-refractivity contribution is 5.89. The SMILES string of the molecule is CC1CCCCC1NC(=O)Nc1ccc(CCC(=O)N2CCCC2)cc1. The van der Waals surface area contributed by atoms with Crippen LogP contribution in [0.1, 0.15) is 57.4 Å². The molecule has 3 rings (SSSR count). The summed E-state index contributed by atoms with van der Waals surface area (Å²) in [5, 5.41) is 6.02. The number of nitrogens with one attached hydrogen (secondary N) is 2. The minimum absolute atomic E-state index is 0.124. The fourth-order valence-electron chi connectivity index (χ4n) is 4.00. The van der Waals surface area contributed by atoms with Gasteiger partial charge in [-0.1, -0.05) is 31.9 Å². The molecule has 1 aromatic carbocycles. The maximum absolute atomic E-state index is 12.2. The Hall–Kier alpha value is -2.04. The maximum Gasteiger partial charge on any atom is 0.319 e. The van der Waals surface area contributed by atoms with Crippen LogP contribution in [0, 0.1) is 5.92 Å². The molecule has 1 aliphatic heterocycles. The molecule has 0 radical (unpaired) electrons. The second-order valence-electron chi connectivity index (χ2n) is 7.75. The fraction of sp³-hybridized carbons (Fsp3) is 0.619. The molecule has 5 heteroatoms. The maximum atomic E-state index is 12.2. The zero-order chi connectivity index (χ0) is 18.4. The molecule has 0 bridgehead atoms. The predicted octanol–water partition coefficient (Wildman–Crippen LogP) is 3.94. The molecule has 2 unspecified atom stereocenters. The van der Waals surface area contributed by atoms with E-state index in [9.17, 15) is 9.59 Å². The van der Waals surface area contributed by atoms with Gasteiger partial charge in [0, 0.05) is 31.2 Å². The quantitative estimate of drug-likeness (QED) is 0.838. The molecule has 1 heterocycles. The number of amides is 3. The third-order valence-electron chi connectivity index (χ3n) is 5.73. The van der Waals surface area contributed by atoms with Gasteiger partial charge in [0.25, 0.3) is 0 Å². The van der Waals surface area contributed by atoms with Gasteiger partial charge in [0.15, 0.2) is 0 Å². The largest absolute Gasteiger partial charge is 0.343 e. The van der Waals surface area contributed by atoms with Gasteiger partial charge >= 0.3 is 6.03 Å². The van der Waals surface area contributed by atoms with E-state index in [1.54, 1.807) is 0 Å². The Morgan fingerprint density at radius 1 is 1.04 bits per heavy atom. The van der Waals surface area contributed by atoms with E-state index < -0.39 is 0 Å². The van der Waals surface area contributed by atoms with Crippen LogP contribution in [0.25, 0.3) is 0 Å². The van der Waals surface area contributed by atoms with Crippen LogP contribution in [0.4, 0.5) is 10.5 Å². The van der Waals surface area contributed by atoms with Crippen molar-refractivity contribution < 1.29 is 9.59 Å². The lowest BCUT2D eigenvalue weighted by molar-refractivity contribution is -0.130. The second-order valence-corrected chi connectivity index (χ2v) is 7.75. The molecule has 2 fully saturated rings. The number of hydrogen-bond acceptors (Lipinski definition) is 2. The van der Waals surface area contributed by atoms with Gasteiger partial charge in [0.1, 0.15) is 0 Å². The summed E-state index contributed by atoms with van der Waals surface area (Å²) in [6.45, 7) is 4.04. The summed E-state index contributed by atoms with van der Waals surface area (Å²) in [6, 6.07) is 7.98. The number of likely N-dealkylation sites (tertiary alicyclic amines) is 1. The highest BCUT2D eigenvalue weighted by Crippen LogP contribution is 2.23.